The SMILES string of the molecule is O=C(O)Cc1ccccc1-c1cc2ccccc2c(=O)o1. The van der Waals surface area contributed by atoms with Gasteiger partial charge in [0.15, 0.2) is 0 Å². The van der Waals surface area contributed by atoms with Crippen LogP contribution in [0.2, 0.25) is 0 Å². The Balaban J connectivity index is 2.21. The first-order valence-electron chi connectivity index (χ1n) is 6.48. The molecule has 104 valence electrons. The van der Waals surface area contributed by atoms with Crippen molar-refractivity contribution in [2.75, 3.05) is 0 Å². The van der Waals surface area contributed by atoms with Gasteiger partial charge in [-0.25, -0.2) is 4.79 Å². The lowest BCUT2D eigenvalue weighted by Gasteiger charge is -2.07. The van der Waals surface area contributed by atoms with Gasteiger partial charge in [-0.2, -0.15) is 0 Å². The fourth-order valence-electron chi connectivity index (χ4n) is 2.34. The Kier molecular flexibility index (Phi) is 3.28. The lowest BCUT2D eigenvalue weighted by molar-refractivity contribution is -0.136. The first kappa shape index (κ1) is 13.1. The molecule has 0 spiro atoms. The summed E-state index contributed by atoms with van der Waals surface area (Å²) < 4.78 is 5.35. The van der Waals surface area contributed by atoms with Crippen molar-refractivity contribution >= 4 is 16.7 Å². The van der Waals surface area contributed by atoms with Crippen LogP contribution in [0.15, 0.2) is 63.8 Å². The Bertz CT molecular complexity index is 877. The van der Waals surface area contributed by atoms with Crippen molar-refractivity contribution in [2.24, 2.45) is 0 Å². The number of hydrogen-bond donors (Lipinski definition) is 1. The zero-order chi connectivity index (χ0) is 14.8. The van der Waals surface area contributed by atoms with Crippen LogP contribution in [-0.2, 0) is 11.2 Å². The molecule has 4 nitrogen and oxygen atoms in total. The van der Waals surface area contributed by atoms with Crippen LogP contribution in [0.1, 0.15) is 5.56 Å². The molecule has 0 atom stereocenters. The Labute approximate surface area is 120 Å². The average Bonchev–Trinajstić information content (AvgIpc) is 2.47. The van der Waals surface area contributed by atoms with Gasteiger partial charge in [0, 0.05) is 5.56 Å². The summed E-state index contributed by atoms with van der Waals surface area (Å²) in [6.07, 6.45) is -0.118. The minimum absolute atomic E-state index is 0.118. The molecule has 0 aliphatic carbocycles. The molecule has 1 aromatic heterocycles. The molecule has 1 heterocycles. The van der Waals surface area contributed by atoms with Crippen molar-refractivity contribution < 1.29 is 14.3 Å². The maximum atomic E-state index is 12.0. The van der Waals surface area contributed by atoms with E-state index in [4.69, 9.17) is 9.52 Å². The second-order valence-corrected chi connectivity index (χ2v) is 4.71. The summed E-state index contributed by atoms with van der Waals surface area (Å²) in [4.78, 5) is 23.0. The summed E-state index contributed by atoms with van der Waals surface area (Å²) in [5.41, 5.74) is 0.819. The molecular weight excluding hydrogens is 268 g/mol. The number of carboxylic acids is 1. The molecule has 21 heavy (non-hydrogen) atoms. The second-order valence-electron chi connectivity index (χ2n) is 4.71. The van der Waals surface area contributed by atoms with E-state index in [1.807, 2.05) is 12.1 Å². The van der Waals surface area contributed by atoms with Gasteiger partial charge in [-0.1, -0.05) is 42.5 Å². The predicted molar refractivity (Wildman–Crippen MR) is 79.3 cm³/mol. The van der Waals surface area contributed by atoms with E-state index in [1.165, 1.54) is 0 Å². The predicted octanol–water partition coefficient (Wildman–Crippen LogP) is 3.09. The van der Waals surface area contributed by atoms with Crippen molar-refractivity contribution in [3.05, 3.63) is 70.6 Å². The number of benzene rings is 2. The van der Waals surface area contributed by atoms with Gasteiger partial charge in [-0.15, -0.1) is 0 Å². The van der Waals surface area contributed by atoms with Crippen LogP contribution in [0, 0.1) is 0 Å². The van der Waals surface area contributed by atoms with E-state index in [-0.39, 0.29) is 6.42 Å². The largest absolute Gasteiger partial charge is 0.481 e. The van der Waals surface area contributed by atoms with Crippen LogP contribution in [-0.4, -0.2) is 11.1 Å². The van der Waals surface area contributed by atoms with Crippen molar-refractivity contribution in [1.82, 2.24) is 0 Å². The van der Waals surface area contributed by atoms with Crippen LogP contribution in [0.3, 0.4) is 0 Å². The number of carboxylic acid groups (broad SMARTS) is 1. The van der Waals surface area contributed by atoms with Gasteiger partial charge < -0.3 is 9.52 Å². The van der Waals surface area contributed by atoms with Crippen LogP contribution < -0.4 is 5.63 Å². The van der Waals surface area contributed by atoms with Gasteiger partial charge >= 0.3 is 11.6 Å². The molecule has 0 aliphatic rings. The molecular formula is C17H12O4. The minimum Gasteiger partial charge on any atom is -0.481 e. The molecule has 0 saturated carbocycles. The fourth-order valence-corrected chi connectivity index (χ4v) is 2.34. The zero-order valence-electron chi connectivity index (χ0n) is 11.1. The highest BCUT2D eigenvalue weighted by Crippen LogP contribution is 2.25. The van der Waals surface area contributed by atoms with Crippen LogP contribution in [0.25, 0.3) is 22.1 Å². The maximum Gasteiger partial charge on any atom is 0.344 e. The van der Waals surface area contributed by atoms with Crippen molar-refractivity contribution in [3.8, 4) is 11.3 Å². The summed E-state index contributed by atoms with van der Waals surface area (Å²) in [6.45, 7) is 0. The molecule has 0 amide bonds. The highest BCUT2D eigenvalue weighted by molar-refractivity contribution is 5.85. The van der Waals surface area contributed by atoms with Crippen LogP contribution in [0.5, 0.6) is 0 Å². The molecule has 0 saturated heterocycles. The Morgan fingerprint density at radius 1 is 1.05 bits per heavy atom. The van der Waals surface area contributed by atoms with E-state index in [2.05, 4.69) is 0 Å². The van der Waals surface area contributed by atoms with Gasteiger partial charge in [-0.3, -0.25) is 4.79 Å². The number of aliphatic carboxylic acids is 1. The van der Waals surface area contributed by atoms with E-state index in [1.54, 1.807) is 42.5 Å². The zero-order valence-corrected chi connectivity index (χ0v) is 11.1. The second kappa shape index (κ2) is 5.25. The lowest BCUT2D eigenvalue weighted by atomic mass is 10.0. The fraction of sp³-hybridized carbons (Fsp3) is 0.0588. The average molecular weight is 280 g/mol. The summed E-state index contributed by atoms with van der Waals surface area (Å²) in [5.74, 6) is -0.541. The highest BCUT2D eigenvalue weighted by Gasteiger charge is 2.12. The normalized spacial score (nSPS) is 10.7. The number of carbonyl (C=O) groups is 1. The van der Waals surface area contributed by atoms with Gasteiger partial charge in [0.05, 0.1) is 11.8 Å². The van der Waals surface area contributed by atoms with Gasteiger partial charge in [0.2, 0.25) is 0 Å². The molecule has 4 heteroatoms. The van der Waals surface area contributed by atoms with Crippen LogP contribution >= 0.6 is 0 Å². The summed E-state index contributed by atoms with van der Waals surface area (Å²) >= 11 is 0. The molecule has 2 aromatic carbocycles. The van der Waals surface area contributed by atoms with E-state index >= 15 is 0 Å². The minimum atomic E-state index is -0.925. The molecule has 0 radical (unpaired) electrons. The molecule has 3 rings (SSSR count). The molecule has 0 unspecified atom stereocenters. The monoisotopic (exact) mass is 280 g/mol. The van der Waals surface area contributed by atoms with Crippen molar-refractivity contribution in [1.29, 1.82) is 0 Å². The van der Waals surface area contributed by atoms with Crippen molar-refractivity contribution in [2.45, 2.75) is 6.42 Å². The van der Waals surface area contributed by atoms with E-state index in [0.29, 0.717) is 22.3 Å². The van der Waals surface area contributed by atoms with Gasteiger partial charge in [-0.05, 0) is 23.1 Å². The van der Waals surface area contributed by atoms with Crippen molar-refractivity contribution in [3.63, 3.8) is 0 Å². The Morgan fingerprint density at radius 2 is 1.76 bits per heavy atom. The topological polar surface area (TPSA) is 67.5 Å². The number of rotatable bonds is 3. The molecule has 3 aromatic rings. The third-order valence-corrected chi connectivity index (χ3v) is 3.29. The van der Waals surface area contributed by atoms with E-state index < -0.39 is 11.6 Å². The maximum absolute atomic E-state index is 12.0. The smallest absolute Gasteiger partial charge is 0.344 e. The van der Waals surface area contributed by atoms with Crippen LogP contribution in [0.4, 0.5) is 0 Å². The third-order valence-electron chi connectivity index (χ3n) is 3.29. The summed E-state index contributed by atoms with van der Waals surface area (Å²) in [6, 6.07) is 15.9. The quantitative estimate of drug-likeness (QED) is 0.800. The number of hydrogen-bond acceptors (Lipinski definition) is 3. The van der Waals surface area contributed by atoms with E-state index in [9.17, 15) is 9.59 Å². The molecule has 0 fully saturated rings. The first-order valence-corrected chi connectivity index (χ1v) is 6.48. The first-order chi connectivity index (χ1) is 10.1. The lowest BCUT2D eigenvalue weighted by Crippen LogP contribution is -2.04. The van der Waals surface area contributed by atoms with E-state index in [0.717, 1.165) is 5.39 Å². The third kappa shape index (κ3) is 2.56. The molecule has 0 aliphatic heterocycles. The molecule has 0 bridgehead atoms. The van der Waals surface area contributed by atoms with Gasteiger partial charge in [0.1, 0.15) is 5.76 Å². The van der Waals surface area contributed by atoms with Gasteiger partial charge in [0.25, 0.3) is 0 Å². The highest BCUT2D eigenvalue weighted by atomic mass is 16.4. The Hall–Kier alpha value is -2.88. The summed E-state index contributed by atoms with van der Waals surface area (Å²) in [7, 11) is 0. The molecule has 1 N–H and O–H groups in total. The standard InChI is InChI=1S/C17H12O4/c18-16(19)10-12-6-1-3-7-13(12)15-9-11-5-2-4-8-14(11)17(20)21-15/h1-9H,10H2,(H,18,19). The summed E-state index contributed by atoms with van der Waals surface area (Å²) in [5, 5.41) is 10.3. The Morgan fingerprint density at radius 3 is 2.57 bits per heavy atom. The number of fused-ring (bicyclic) bond motifs is 1.